The molecule has 3 aromatic rings. The SMILES string of the molecule is Cc1cccc2nc(CCCl)n(Cc3ccco3)c12. The fraction of sp³-hybridized carbons (Fsp3) is 0.267. The second kappa shape index (κ2) is 5.10. The first-order chi connectivity index (χ1) is 9.29. The van der Waals surface area contributed by atoms with Gasteiger partial charge in [-0.05, 0) is 30.7 Å². The summed E-state index contributed by atoms with van der Waals surface area (Å²) in [5.41, 5.74) is 3.41. The fourth-order valence-electron chi connectivity index (χ4n) is 2.42. The van der Waals surface area contributed by atoms with Crippen LogP contribution in [0.4, 0.5) is 0 Å². The maximum Gasteiger partial charge on any atom is 0.123 e. The summed E-state index contributed by atoms with van der Waals surface area (Å²) >= 11 is 5.88. The van der Waals surface area contributed by atoms with Crippen LogP contribution in [0.5, 0.6) is 0 Å². The van der Waals surface area contributed by atoms with Gasteiger partial charge < -0.3 is 8.98 Å². The van der Waals surface area contributed by atoms with Crippen LogP contribution in [0, 0.1) is 6.92 Å². The minimum atomic E-state index is 0.570. The number of aryl methyl sites for hydroxylation is 2. The number of halogens is 1. The Labute approximate surface area is 116 Å². The topological polar surface area (TPSA) is 31.0 Å². The Hall–Kier alpha value is -1.74. The highest BCUT2D eigenvalue weighted by molar-refractivity contribution is 6.17. The van der Waals surface area contributed by atoms with Gasteiger partial charge in [0.15, 0.2) is 0 Å². The number of hydrogen-bond donors (Lipinski definition) is 0. The standard InChI is InChI=1S/C15H15ClN2O/c1-11-4-2-6-13-15(11)18(14(17-13)7-8-16)10-12-5-3-9-19-12/h2-6,9H,7-8,10H2,1H3. The molecule has 19 heavy (non-hydrogen) atoms. The van der Waals surface area contributed by atoms with Crippen molar-refractivity contribution in [1.29, 1.82) is 0 Å². The second-order valence-corrected chi connectivity index (χ2v) is 4.95. The van der Waals surface area contributed by atoms with Gasteiger partial charge in [-0.2, -0.15) is 0 Å². The molecular formula is C15H15ClN2O. The van der Waals surface area contributed by atoms with Gasteiger partial charge in [-0.3, -0.25) is 0 Å². The van der Waals surface area contributed by atoms with Crippen molar-refractivity contribution in [2.24, 2.45) is 0 Å². The highest BCUT2D eigenvalue weighted by Gasteiger charge is 2.13. The van der Waals surface area contributed by atoms with Crippen molar-refractivity contribution >= 4 is 22.6 Å². The summed E-state index contributed by atoms with van der Waals surface area (Å²) in [5, 5.41) is 0. The van der Waals surface area contributed by atoms with Crippen LogP contribution in [0.1, 0.15) is 17.1 Å². The molecule has 3 rings (SSSR count). The summed E-state index contributed by atoms with van der Waals surface area (Å²) in [5.74, 6) is 2.51. The van der Waals surface area contributed by atoms with E-state index in [1.165, 1.54) is 11.1 Å². The molecule has 3 nitrogen and oxygen atoms in total. The van der Waals surface area contributed by atoms with Crippen LogP contribution >= 0.6 is 11.6 Å². The zero-order valence-electron chi connectivity index (χ0n) is 10.8. The molecule has 2 aromatic heterocycles. The smallest absolute Gasteiger partial charge is 0.123 e. The predicted molar refractivity (Wildman–Crippen MR) is 76.7 cm³/mol. The van der Waals surface area contributed by atoms with Crippen molar-refractivity contribution in [1.82, 2.24) is 9.55 Å². The van der Waals surface area contributed by atoms with Gasteiger partial charge in [-0.1, -0.05) is 12.1 Å². The summed E-state index contributed by atoms with van der Waals surface area (Å²) in [6, 6.07) is 10.1. The average Bonchev–Trinajstić information content (AvgIpc) is 3.00. The minimum Gasteiger partial charge on any atom is -0.467 e. The lowest BCUT2D eigenvalue weighted by molar-refractivity contribution is 0.492. The first-order valence-electron chi connectivity index (χ1n) is 6.32. The van der Waals surface area contributed by atoms with Crippen LogP contribution < -0.4 is 0 Å². The Morgan fingerprint density at radius 2 is 2.16 bits per heavy atom. The van der Waals surface area contributed by atoms with E-state index in [1.54, 1.807) is 6.26 Å². The monoisotopic (exact) mass is 274 g/mol. The third-order valence-corrected chi connectivity index (χ3v) is 3.45. The zero-order chi connectivity index (χ0) is 13.2. The van der Waals surface area contributed by atoms with Crippen molar-refractivity contribution < 1.29 is 4.42 Å². The van der Waals surface area contributed by atoms with Crippen molar-refractivity contribution in [2.75, 3.05) is 5.88 Å². The van der Waals surface area contributed by atoms with Crippen molar-refractivity contribution in [2.45, 2.75) is 19.9 Å². The van der Waals surface area contributed by atoms with Crippen molar-refractivity contribution in [3.63, 3.8) is 0 Å². The van der Waals surface area contributed by atoms with E-state index < -0.39 is 0 Å². The number of hydrogen-bond acceptors (Lipinski definition) is 2. The molecule has 0 amide bonds. The summed E-state index contributed by atoms with van der Waals surface area (Å²) in [4.78, 5) is 4.68. The first-order valence-corrected chi connectivity index (χ1v) is 6.86. The van der Waals surface area contributed by atoms with Gasteiger partial charge in [-0.25, -0.2) is 4.98 Å². The third-order valence-electron chi connectivity index (χ3n) is 3.26. The molecule has 98 valence electrons. The van der Waals surface area contributed by atoms with E-state index in [2.05, 4.69) is 22.5 Å². The number of furan rings is 1. The third kappa shape index (κ3) is 2.26. The molecule has 1 aromatic carbocycles. The average molecular weight is 275 g/mol. The molecule has 0 N–H and O–H groups in total. The van der Waals surface area contributed by atoms with Crippen LogP contribution in [0.25, 0.3) is 11.0 Å². The Morgan fingerprint density at radius 3 is 2.89 bits per heavy atom. The minimum absolute atomic E-state index is 0.570. The summed E-state index contributed by atoms with van der Waals surface area (Å²) in [6.45, 7) is 2.80. The number of nitrogens with zero attached hydrogens (tertiary/aromatic N) is 2. The van der Waals surface area contributed by atoms with Gasteiger partial charge in [0.25, 0.3) is 0 Å². The molecule has 0 aliphatic rings. The fourth-order valence-corrected chi connectivity index (χ4v) is 2.59. The predicted octanol–water partition coefficient (Wildman–Crippen LogP) is 3.77. The van der Waals surface area contributed by atoms with E-state index >= 15 is 0 Å². The van der Waals surface area contributed by atoms with Crippen LogP contribution in [0.3, 0.4) is 0 Å². The van der Waals surface area contributed by atoms with Crippen molar-refractivity contribution in [3.05, 3.63) is 53.7 Å². The molecule has 4 heteroatoms. The van der Waals surface area contributed by atoms with Gasteiger partial charge in [0.2, 0.25) is 0 Å². The highest BCUT2D eigenvalue weighted by Crippen LogP contribution is 2.22. The first kappa shape index (κ1) is 12.3. The van der Waals surface area contributed by atoms with E-state index in [9.17, 15) is 0 Å². The second-order valence-electron chi connectivity index (χ2n) is 4.58. The number of fused-ring (bicyclic) bond motifs is 1. The highest BCUT2D eigenvalue weighted by atomic mass is 35.5. The lowest BCUT2D eigenvalue weighted by atomic mass is 10.2. The molecule has 0 bridgehead atoms. The van der Waals surface area contributed by atoms with Crippen molar-refractivity contribution in [3.8, 4) is 0 Å². The van der Waals surface area contributed by atoms with E-state index in [0.717, 1.165) is 23.5 Å². The molecule has 0 saturated carbocycles. The van der Waals surface area contributed by atoms with Gasteiger partial charge in [0, 0.05) is 12.3 Å². The van der Waals surface area contributed by atoms with E-state index in [-0.39, 0.29) is 0 Å². The number of imidazole rings is 1. The van der Waals surface area contributed by atoms with Gasteiger partial charge in [0.1, 0.15) is 11.6 Å². The molecule has 0 atom stereocenters. The normalized spacial score (nSPS) is 11.3. The lowest BCUT2D eigenvalue weighted by Gasteiger charge is -2.08. The van der Waals surface area contributed by atoms with E-state index in [1.807, 2.05) is 24.3 Å². The molecular weight excluding hydrogens is 260 g/mol. The number of rotatable bonds is 4. The summed E-state index contributed by atoms with van der Waals surface area (Å²) in [6.07, 6.45) is 2.46. The van der Waals surface area contributed by atoms with Crippen LogP contribution in [0.15, 0.2) is 41.0 Å². The van der Waals surface area contributed by atoms with E-state index in [0.29, 0.717) is 12.4 Å². The maximum absolute atomic E-state index is 5.88. The molecule has 0 aliphatic heterocycles. The van der Waals surface area contributed by atoms with Crippen LogP contribution in [0.2, 0.25) is 0 Å². The Kier molecular flexibility index (Phi) is 3.30. The molecule has 0 aliphatic carbocycles. The molecule has 2 heterocycles. The Bertz CT molecular complexity index is 686. The number of para-hydroxylation sites is 1. The summed E-state index contributed by atoms with van der Waals surface area (Å²) < 4.78 is 7.65. The van der Waals surface area contributed by atoms with E-state index in [4.69, 9.17) is 16.0 Å². The largest absolute Gasteiger partial charge is 0.467 e. The Balaban J connectivity index is 2.15. The maximum atomic E-state index is 5.88. The quantitative estimate of drug-likeness (QED) is 0.678. The van der Waals surface area contributed by atoms with Gasteiger partial charge in [-0.15, -0.1) is 11.6 Å². The number of alkyl halides is 1. The molecule has 0 unspecified atom stereocenters. The number of aromatic nitrogens is 2. The molecule has 0 spiro atoms. The van der Waals surface area contributed by atoms with Crippen LogP contribution in [-0.4, -0.2) is 15.4 Å². The Morgan fingerprint density at radius 1 is 1.26 bits per heavy atom. The van der Waals surface area contributed by atoms with Gasteiger partial charge >= 0.3 is 0 Å². The molecule has 0 fully saturated rings. The zero-order valence-corrected chi connectivity index (χ0v) is 11.5. The number of benzene rings is 1. The lowest BCUT2D eigenvalue weighted by Crippen LogP contribution is -2.06. The van der Waals surface area contributed by atoms with Crippen LogP contribution in [-0.2, 0) is 13.0 Å². The summed E-state index contributed by atoms with van der Waals surface area (Å²) in [7, 11) is 0. The molecule has 0 saturated heterocycles. The molecule has 0 radical (unpaired) electrons. The van der Waals surface area contributed by atoms with Gasteiger partial charge in [0.05, 0.1) is 23.8 Å².